The van der Waals surface area contributed by atoms with Gasteiger partial charge in [-0.05, 0) is 17.7 Å². The van der Waals surface area contributed by atoms with Crippen LogP contribution in [0.4, 0.5) is 0 Å². The van der Waals surface area contributed by atoms with Gasteiger partial charge in [0.2, 0.25) is 0 Å². The quantitative estimate of drug-likeness (QED) is 0.404. The Hall–Kier alpha value is -1.04. The largest absolute Gasteiger partial charge is 0.329 e. The van der Waals surface area contributed by atoms with Crippen LogP contribution in [0.25, 0.3) is 0 Å². The van der Waals surface area contributed by atoms with E-state index >= 15 is 0 Å². The lowest BCUT2D eigenvalue weighted by Crippen LogP contribution is -2.29. The third-order valence-corrected chi connectivity index (χ3v) is 3.48. The number of nitrogen functional groups attached to an aromatic ring is 1. The standard InChI is InChI=1S/C11H17N3OS/c1-8(6-12)16-7-9-2-4-10(5-3-9)11(15)14-13/h2-5,8H,6-7,12-13H2,1H3,(H,14,15). The fourth-order valence-corrected chi connectivity index (χ4v) is 1.95. The van der Waals surface area contributed by atoms with Crippen LogP contribution >= 0.6 is 11.8 Å². The van der Waals surface area contributed by atoms with E-state index in [2.05, 4.69) is 12.3 Å². The van der Waals surface area contributed by atoms with Gasteiger partial charge in [0, 0.05) is 23.1 Å². The summed E-state index contributed by atoms with van der Waals surface area (Å²) in [5.74, 6) is 5.68. The molecule has 0 fully saturated rings. The Morgan fingerprint density at radius 3 is 2.56 bits per heavy atom. The van der Waals surface area contributed by atoms with Gasteiger partial charge in [-0.2, -0.15) is 11.8 Å². The monoisotopic (exact) mass is 239 g/mol. The lowest BCUT2D eigenvalue weighted by Gasteiger charge is -2.08. The van der Waals surface area contributed by atoms with Gasteiger partial charge in [0.1, 0.15) is 0 Å². The van der Waals surface area contributed by atoms with Gasteiger partial charge in [0.05, 0.1) is 0 Å². The highest BCUT2D eigenvalue weighted by Gasteiger charge is 2.04. The number of hydrogen-bond acceptors (Lipinski definition) is 4. The summed E-state index contributed by atoms with van der Waals surface area (Å²) in [7, 11) is 0. The Labute approximate surface area is 99.7 Å². The molecule has 0 bridgehead atoms. The van der Waals surface area contributed by atoms with Crippen molar-refractivity contribution in [3.05, 3.63) is 35.4 Å². The van der Waals surface area contributed by atoms with Gasteiger partial charge in [-0.3, -0.25) is 10.2 Å². The molecule has 5 heteroatoms. The third kappa shape index (κ3) is 3.84. The molecule has 1 unspecified atom stereocenters. The van der Waals surface area contributed by atoms with Crippen molar-refractivity contribution >= 4 is 17.7 Å². The van der Waals surface area contributed by atoms with Crippen molar-refractivity contribution in [1.82, 2.24) is 5.43 Å². The Balaban J connectivity index is 2.54. The summed E-state index contributed by atoms with van der Waals surface area (Å²) in [6.45, 7) is 2.78. The highest BCUT2D eigenvalue weighted by molar-refractivity contribution is 7.99. The summed E-state index contributed by atoms with van der Waals surface area (Å²) in [5.41, 5.74) is 9.38. The van der Waals surface area contributed by atoms with E-state index in [-0.39, 0.29) is 5.91 Å². The molecule has 1 rings (SSSR count). The van der Waals surface area contributed by atoms with Crippen molar-refractivity contribution < 1.29 is 4.79 Å². The van der Waals surface area contributed by atoms with Crippen LogP contribution in [0.1, 0.15) is 22.8 Å². The zero-order valence-corrected chi connectivity index (χ0v) is 10.1. The normalized spacial score (nSPS) is 12.2. The number of nitrogens with two attached hydrogens (primary N) is 2. The summed E-state index contributed by atoms with van der Waals surface area (Å²) in [5, 5.41) is 0.451. The SMILES string of the molecule is CC(CN)SCc1ccc(C(=O)NN)cc1. The fourth-order valence-electron chi connectivity index (χ4n) is 1.14. The predicted molar refractivity (Wildman–Crippen MR) is 67.9 cm³/mol. The van der Waals surface area contributed by atoms with Gasteiger partial charge >= 0.3 is 0 Å². The van der Waals surface area contributed by atoms with Crippen molar-refractivity contribution in [2.45, 2.75) is 17.9 Å². The maximum absolute atomic E-state index is 11.2. The summed E-state index contributed by atoms with van der Waals surface area (Å²) >= 11 is 1.80. The summed E-state index contributed by atoms with van der Waals surface area (Å²) in [4.78, 5) is 11.2. The maximum Gasteiger partial charge on any atom is 0.265 e. The smallest absolute Gasteiger partial charge is 0.265 e. The zero-order valence-electron chi connectivity index (χ0n) is 9.27. The van der Waals surface area contributed by atoms with Crippen LogP contribution < -0.4 is 17.0 Å². The van der Waals surface area contributed by atoms with E-state index in [9.17, 15) is 4.79 Å². The van der Waals surface area contributed by atoms with E-state index in [1.54, 1.807) is 23.9 Å². The number of nitrogens with one attached hydrogen (secondary N) is 1. The van der Waals surface area contributed by atoms with Crippen LogP contribution in [0, 0.1) is 0 Å². The molecular formula is C11H17N3OS. The molecule has 0 aromatic heterocycles. The molecule has 0 aliphatic rings. The van der Waals surface area contributed by atoms with E-state index < -0.39 is 0 Å². The van der Waals surface area contributed by atoms with Crippen LogP contribution in [0.5, 0.6) is 0 Å². The first kappa shape index (κ1) is 13.0. The number of rotatable bonds is 5. The molecule has 16 heavy (non-hydrogen) atoms. The van der Waals surface area contributed by atoms with Crippen molar-refractivity contribution in [1.29, 1.82) is 0 Å². The molecule has 0 saturated heterocycles. The third-order valence-electron chi connectivity index (χ3n) is 2.21. The van der Waals surface area contributed by atoms with Gasteiger partial charge in [0.15, 0.2) is 0 Å². The molecule has 1 aromatic carbocycles. The van der Waals surface area contributed by atoms with Crippen LogP contribution in [-0.4, -0.2) is 17.7 Å². The van der Waals surface area contributed by atoms with Gasteiger partial charge in [-0.1, -0.05) is 19.1 Å². The number of hydrazine groups is 1. The van der Waals surface area contributed by atoms with E-state index in [1.165, 1.54) is 5.56 Å². The van der Waals surface area contributed by atoms with Gasteiger partial charge in [-0.25, -0.2) is 5.84 Å². The molecule has 5 N–H and O–H groups in total. The number of thioether (sulfide) groups is 1. The zero-order chi connectivity index (χ0) is 12.0. The molecule has 1 amide bonds. The van der Waals surface area contributed by atoms with Crippen molar-refractivity contribution in [2.24, 2.45) is 11.6 Å². The Kier molecular flexibility index (Phi) is 5.31. The minimum Gasteiger partial charge on any atom is -0.329 e. The van der Waals surface area contributed by atoms with Crippen molar-refractivity contribution in [3.8, 4) is 0 Å². The van der Waals surface area contributed by atoms with Crippen molar-refractivity contribution in [3.63, 3.8) is 0 Å². The van der Waals surface area contributed by atoms with E-state index in [1.807, 2.05) is 12.1 Å². The first-order valence-electron chi connectivity index (χ1n) is 5.09. The molecule has 0 aliphatic carbocycles. The molecule has 0 radical (unpaired) electrons. The summed E-state index contributed by atoms with van der Waals surface area (Å²) in [6.07, 6.45) is 0. The minimum absolute atomic E-state index is 0.269. The second-order valence-corrected chi connectivity index (χ2v) is 4.95. The van der Waals surface area contributed by atoms with Gasteiger partial charge < -0.3 is 5.73 Å². The molecule has 0 heterocycles. The molecule has 1 atom stereocenters. The van der Waals surface area contributed by atoms with E-state index in [0.29, 0.717) is 17.4 Å². The Bertz CT molecular complexity index is 340. The molecule has 0 saturated carbocycles. The number of hydrogen-bond donors (Lipinski definition) is 3. The molecule has 88 valence electrons. The maximum atomic E-state index is 11.2. The number of carbonyl (C=O) groups excluding carboxylic acids is 1. The predicted octanol–water partition coefficient (Wildman–Crippen LogP) is 0.871. The first-order chi connectivity index (χ1) is 7.67. The van der Waals surface area contributed by atoms with Crippen LogP contribution in [-0.2, 0) is 5.75 Å². The minimum atomic E-state index is -0.269. The van der Waals surface area contributed by atoms with E-state index in [4.69, 9.17) is 11.6 Å². The Morgan fingerprint density at radius 1 is 1.44 bits per heavy atom. The van der Waals surface area contributed by atoms with Crippen LogP contribution in [0.3, 0.4) is 0 Å². The molecule has 0 spiro atoms. The topological polar surface area (TPSA) is 81.1 Å². The molecular weight excluding hydrogens is 222 g/mol. The second kappa shape index (κ2) is 6.52. The second-order valence-electron chi connectivity index (χ2n) is 3.53. The fraction of sp³-hybridized carbons (Fsp3) is 0.364. The van der Waals surface area contributed by atoms with Crippen LogP contribution in [0.15, 0.2) is 24.3 Å². The van der Waals surface area contributed by atoms with E-state index in [0.717, 1.165) is 5.75 Å². The number of benzene rings is 1. The van der Waals surface area contributed by atoms with Crippen molar-refractivity contribution in [2.75, 3.05) is 6.54 Å². The lowest BCUT2D eigenvalue weighted by molar-refractivity contribution is 0.0953. The average Bonchev–Trinajstić information content (AvgIpc) is 2.35. The molecule has 0 aliphatic heterocycles. The first-order valence-corrected chi connectivity index (χ1v) is 6.13. The average molecular weight is 239 g/mol. The lowest BCUT2D eigenvalue weighted by atomic mass is 10.1. The van der Waals surface area contributed by atoms with Crippen LogP contribution in [0.2, 0.25) is 0 Å². The summed E-state index contributed by atoms with van der Waals surface area (Å²) < 4.78 is 0. The highest BCUT2D eigenvalue weighted by Crippen LogP contribution is 2.17. The van der Waals surface area contributed by atoms with Gasteiger partial charge in [-0.15, -0.1) is 0 Å². The number of carbonyl (C=O) groups is 1. The van der Waals surface area contributed by atoms with Gasteiger partial charge in [0.25, 0.3) is 5.91 Å². The number of amides is 1. The highest BCUT2D eigenvalue weighted by atomic mass is 32.2. The molecule has 1 aromatic rings. The Morgan fingerprint density at radius 2 is 2.06 bits per heavy atom. The summed E-state index contributed by atoms with van der Waals surface area (Å²) in [6, 6.07) is 7.40. The molecule has 4 nitrogen and oxygen atoms in total.